The van der Waals surface area contributed by atoms with Crippen LogP contribution in [0.15, 0.2) is 0 Å². The quantitative estimate of drug-likeness (QED) is 0.709. The van der Waals surface area contributed by atoms with Crippen LogP contribution in [-0.4, -0.2) is 47.6 Å². The van der Waals surface area contributed by atoms with E-state index in [0.717, 1.165) is 5.92 Å². The zero-order valence-electron chi connectivity index (χ0n) is 11.3. The summed E-state index contributed by atoms with van der Waals surface area (Å²) in [6.07, 6.45) is 0. The van der Waals surface area contributed by atoms with Crippen LogP contribution in [-0.2, 0) is 0 Å². The molecule has 1 aliphatic rings. The lowest BCUT2D eigenvalue weighted by atomic mass is 10.0. The van der Waals surface area contributed by atoms with Crippen LogP contribution in [0.4, 0.5) is 0 Å². The molecule has 0 saturated carbocycles. The minimum atomic E-state index is 0.677. The first-order chi connectivity index (χ1) is 6.91. The number of nitrogens with zero attached hydrogens (tertiary/aromatic N) is 2. The van der Waals surface area contributed by atoms with Crippen molar-refractivity contribution in [2.24, 2.45) is 5.92 Å². The molecule has 0 amide bonds. The third-order valence-corrected chi connectivity index (χ3v) is 3.28. The van der Waals surface area contributed by atoms with Crippen molar-refractivity contribution in [2.45, 2.75) is 59.7 Å². The van der Waals surface area contributed by atoms with Gasteiger partial charge in [0, 0.05) is 37.8 Å². The molecule has 0 aromatic carbocycles. The Kier molecular flexibility index (Phi) is 4.60. The number of rotatable bonds is 3. The van der Waals surface area contributed by atoms with Crippen molar-refractivity contribution in [3.63, 3.8) is 0 Å². The fourth-order valence-electron chi connectivity index (χ4n) is 3.13. The van der Waals surface area contributed by atoms with E-state index in [1.165, 1.54) is 19.6 Å². The van der Waals surface area contributed by atoms with Crippen molar-refractivity contribution in [2.75, 3.05) is 19.6 Å². The molecule has 0 radical (unpaired) electrons. The molecule has 90 valence electrons. The summed E-state index contributed by atoms with van der Waals surface area (Å²) in [6.45, 7) is 17.7. The molecule has 0 aliphatic carbocycles. The van der Waals surface area contributed by atoms with Gasteiger partial charge >= 0.3 is 0 Å². The van der Waals surface area contributed by atoms with Gasteiger partial charge in [-0.1, -0.05) is 13.8 Å². The van der Waals surface area contributed by atoms with Gasteiger partial charge in [-0.15, -0.1) is 0 Å². The number of hydrogen-bond acceptors (Lipinski definition) is 2. The van der Waals surface area contributed by atoms with E-state index in [-0.39, 0.29) is 0 Å². The van der Waals surface area contributed by atoms with Gasteiger partial charge in [-0.2, -0.15) is 0 Å². The first-order valence-corrected chi connectivity index (χ1v) is 6.41. The summed E-state index contributed by atoms with van der Waals surface area (Å²) in [5, 5.41) is 0. The largest absolute Gasteiger partial charge is 0.300 e. The molecule has 1 aliphatic heterocycles. The van der Waals surface area contributed by atoms with Crippen LogP contribution in [0.25, 0.3) is 0 Å². The van der Waals surface area contributed by atoms with E-state index in [4.69, 9.17) is 0 Å². The highest BCUT2D eigenvalue weighted by Crippen LogP contribution is 2.19. The molecule has 0 aromatic rings. The van der Waals surface area contributed by atoms with Gasteiger partial charge in [-0.05, 0) is 33.6 Å². The molecule has 0 aromatic heterocycles. The van der Waals surface area contributed by atoms with Crippen molar-refractivity contribution >= 4 is 0 Å². The van der Waals surface area contributed by atoms with Crippen molar-refractivity contribution in [1.29, 1.82) is 0 Å². The zero-order chi connectivity index (χ0) is 11.6. The molecule has 2 atom stereocenters. The Morgan fingerprint density at radius 3 is 1.80 bits per heavy atom. The van der Waals surface area contributed by atoms with E-state index in [2.05, 4.69) is 51.3 Å². The summed E-state index contributed by atoms with van der Waals surface area (Å²) >= 11 is 0. The van der Waals surface area contributed by atoms with E-state index in [1.54, 1.807) is 0 Å². The molecule has 1 fully saturated rings. The Balaban J connectivity index is 2.54. The van der Waals surface area contributed by atoms with E-state index in [1.807, 2.05) is 0 Å². The molecule has 0 spiro atoms. The topological polar surface area (TPSA) is 6.48 Å². The molecule has 0 bridgehead atoms. The Morgan fingerprint density at radius 1 is 1.00 bits per heavy atom. The van der Waals surface area contributed by atoms with Gasteiger partial charge in [-0.25, -0.2) is 0 Å². The van der Waals surface area contributed by atoms with Gasteiger partial charge < -0.3 is 0 Å². The molecule has 1 saturated heterocycles. The second-order valence-corrected chi connectivity index (χ2v) is 5.85. The third-order valence-electron chi connectivity index (χ3n) is 3.28. The van der Waals surface area contributed by atoms with Gasteiger partial charge in [0.1, 0.15) is 0 Å². The van der Waals surface area contributed by atoms with Crippen molar-refractivity contribution in [3.8, 4) is 0 Å². The monoisotopic (exact) mass is 212 g/mol. The van der Waals surface area contributed by atoms with Crippen LogP contribution in [0, 0.1) is 5.92 Å². The Morgan fingerprint density at radius 2 is 1.47 bits per heavy atom. The highest BCUT2D eigenvalue weighted by Gasteiger charge is 2.30. The molecule has 1 heterocycles. The van der Waals surface area contributed by atoms with Crippen molar-refractivity contribution in [3.05, 3.63) is 0 Å². The Labute approximate surface area is 95.6 Å². The van der Waals surface area contributed by atoms with Crippen molar-refractivity contribution < 1.29 is 0 Å². The maximum atomic E-state index is 2.65. The SMILES string of the molecule is CC(C)CN1CC(C)N(C(C)C)C(C)C1. The molecule has 15 heavy (non-hydrogen) atoms. The van der Waals surface area contributed by atoms with E-state index in [9.17, 15) is 0 Å². The van der Waals surface area contributed by atoms with Crippen molar-refractivity contribution in [1.82, 2.24) is 9.80 Å². The molecule has 2 heteroatoms. The molecular formula is C13H28N2. The van der Waals surface area contributed by atoms with Crippen LogP contribution in [0.2, 0.25) is 0 Å². The highest BCUT2D eigenvalue weighted by atomic mass is 15.3. The predicted molar refractivity (Wildman–Crippen MR) is 67.2 cm³/mol. The van der Waals surface area contributed by atoms with Crippen LogP contribution in [0.5, 0.6) is 0 Å². The fraction of sp³-hybridized carbons (Fsp3) is 1.00. The first kappa shape index (κ1) is 13.0. The minimum Gasteiger partial charge on any atom is -0.300 e. The standard InChI is InChI=1S/C13H28N2/c1-10(2)7-14-8-12(5)15(11(3)4)13(6)9-14/h10-13H,7-9H2,1-6H3. The summed E-state index contributed by atoms with van der Waals surface area (Å²) < 4.78 is 0. The number of piperazine rings is 1. The van der Waals surface area contributed by atoms with Crippen LogP contribution in [0.3, 0.4) is 0 Å². The molecule has 0 N–H and O–H groups in total. The van der Waals surface area contributed by atoms with E-state index >= 15 is 0 Å². The van der Waals surface area contributed by atoms with Gasteiger partial charge in [0.25, 0.3) is 0 Å². The number of hydrogen-bond donors (Lipinski definition) is 0. The van der Waals surface area contributed by atoms with Crippen LogP contribution >= 0.6 is 0 Å². The Bertz CT molecular complexity index is 177. The lowest BCUT2D eigenvalue weighted by molar-refractivity contribution is 0.0123. The second kappa shape index (κ2) is 5.31. The summed E-state index contributed by atoms with van der Waals surface area (Å²) in [7, 11) is 0. The molecule has 1 rings (SSSR count). The van der Waals surface area contributed by atoms with Gasteiger partial charge in [0.2, 0.25) is 0 Å². The van der Waals surface area contributed by atoms with E-state index in [0.29, 0.717) is 18.1 Å². The average molecular weight is 212 g/mol. The Hall–Kier alpha value is -0.0800. The zero-order valence-corrected chi connectivity index (χ0v) is 11.3. The summed E-state index contributed by atoms with van der Waals surface area (Å²) in [6, 6.07) is 2.08. The molecular weight excluding hydrogens is 184 g/mol. The normalized spacial score (nSPS) is 30.4. The first-order valence-electron chi connectivity index (χ1n) is 6.41. The second-order valence-electron chi connectivity index (χ2n) is 5.85. The van der Waals surface area contributed by atoms with E-state index < -0.39 is 0 Å². The summed E-state index contributed by atoms with van der Waals surface area (Å²) in [5.41, 5.74) is 0. The lowest BCUT2D eigenvalue weighted by Gasteiger charge is -2.47. The predicted octanol–water partition coefficient (Wildman–Crippen LogP) is 2.45. The van der Waals surface area contributed by atoms with Gasteiger partial charge in [-0.3, -0.25) is 9.80 Å². The van der Waals surface area contributed by atoms with Crippen LogP contribution < -0.4 is 0 Å². The van der Waals surface area contributed by atoms with Gasteiger partial charge in [0.15, 0.2) is 0 Å². The molecule has 2 unspecified atom stereocenters. The summed E-state index contributed by atoms with van der Waals surface area (Å²) in [4.78, 5) is 5.27. The minimum absolute atomic E-state index is 0.677. The third kappa shape index (κ3) is 3.46. The smallest absolute Gasteiger partial charge is 0.0200 e. The summed E-state index contributed by atoms with van der Waals surface area (Å²) in [5.74, 6) is 0.787. The molecule has 2 nitrogen and oxygen atoms in total. The van der Waals surface area contributed by atoms with Gasteiger partial charge in [0.05, 0.1) is 0 Å². The lowest BCUT2D eigenvalue weighted by Crippen LogP contribution is -2.59. The fourth-order valence-corrected chi connectivity index (χ4v) is 3.13. The maximum absolute atomic E-state index is 2.65. The maximum Gasteiger partial charge on any atom is 0.0200 e. The average Bonchev–Trinajstić information content (AvgIpc) is 1.99. The van der Waals surface area contributed by atoms with Crippen LogP contribution in [0.1, 0.15) is 41.5 Å². The highest BCUT2D eigenvalue weighted by molar-refractivity contribution is 4.86.